The molecule has 1 unspecified atom stereocenters. The minimum absolute atomic E-state index is 0.189. The van der Waals surface area contributed by atoms with Crippen LogP contribution < -0.4 is 24.3 Å². The van der Waals surface area contributed by atoms with Gasteiger partial charge in [-0.05, 0) is 19.1 Å². The number of anilines is 1. The average Bonchev–Trinajstić information content (AvgIpc) is 2.75. The lowest BCUT2D eigenvalue weighted by atomic mass is 10.2. The number of carbonyl (C=O) groups excluding carboxylic acids is 2. The van der Waals surface area contributed by atoms with Gasteiger partial charge < -0.3 is 24.3 Å². The number of ether oxygens (including phenoxy) is 4. The van der Waals surface area contributed by atoms with Gasteiger partial charge in [-0.25, -0.2) is 0 Å². The van der Waals surface area contributed by atoms with Crippen LogP contribution in [0.5, 0.6) is 23.0 Å². The van der Waals surface area contributed by atoms with Gasteiger partial charge in [0.2, 0.25) is 6.04 Å². The van der Waals surface area contributed by atoms with E-state index in [0.29, 0.717) is 16.5 Å². The largest absolute Gasteiger partial charge is 0.493 e. The topological polar surface area (TPSA) is 108 Å². The SMILES string of the molecule is COc1cc(Cl)c(NC(=O)C(N=Nc2ccc(Cl)c(OC)c2OC)C(C)=O)cc1OC. The molecule has 2 rings (SSSR count). The molecule has 0 saturated carbocycles. The zero-order valence-electron chi connectivity index (χ0n) is 17.5. The third kappa shape index (κ3) is 5.56. The van der Waals surface area contributed by atoms with Gasteiger partial charge in [-0.15, -0.1) is 0 Å². The van der Waals surface area contributed by atoms with E-state index in [9.17, 15) is 9.59 Å². The Bertz CT molecular complexity index is 1010. The molecule has 1 amide bonds. The maximum Gasteiger partial charge on any atom is 0.258 e. The highest BCUT2D eigenvalue weighted by Gasteiger charge is 2.25. The Hall–Kier alpha value is -3.04. The van der Waals surface area contributed by atoms with Gasteiger partial charge in [-0.2, -0.15) is 10.2 Å². The molecule has 0 saturated heterocycles. The number of halogens is 2. The first-order chi connectivity index (χ1) is 14.8. The number of benzene rings is 2. The van der Waals surface area contributed by atoms with Crippen molar-refractivity contribution in [3.8, 4) is 23.0 Å². The molecule has 2 aromatic rings. The molecule has 0 aliphatic rings. The predicted molar refractivity (Wildman–Crippen MR) is 117 cm³/mol. The molecule has 0 spiro atoms. The van der Waals surface area contributed by atoms with Crippen molar-refractivity contribution in [3.63, 3.8) is 0 Å². The van der Waals surface area contributed by atoms with Crippen molar-refractivity contribution >= 4 is 46.3 Å². The van der Waals surface area contributed by atoms with E-state index >= 15 is 0 Å². The third-order valence-corrected chi connectivity index (χ3v) is 4.71. The molecule has 0 aliphatic carbocycles. The highest BCUT2D eigenvalue weighted by Crippen LogP contribution is 2.42. The van der Waals surface area contributed by atoms with Gasteiger partial charge in [-0.1, -0.05) is 23.2 Å². The molecule has 31 heavy (non-hydrogen) atoms. The lowest BCUT2D eigenvalue weighted by Crippen LogP contribution is -2.31. The Morgan fingerprint density at radius 2 is 1.52 bits per heavy atom. The van der Waals surface area contributed by atoms with Crippen molar-refractivity contribution in [2.45, 2.75) is 13.0 Å². The second-order valence-corrected chi connectivity index (χ2v) is 6.85. The molecular weight excluding hydrogens is 449 g/mol. The Labute approximate surface area is 189 Å². The molecule has 9 nitrogen and oxygen atoms in total. The minimum Gasteiger partial charge on any atom is -0.493 e. The first kappa shape index (κ1) is 24.2. The summed E-state index contributed by atoms with van der Waals surface area (Å²) < 4.78 is 20.8. The van der Waals surface area contributed by atoms with E-state index in [4.69, 9.17) is 42.1 Å². The number of rotatable bonds is 9. The van der Waals surface area contributed by atoms with Crippen LogP contribution in [0.2, 0.25) is 10.0 Å². The van der Waals surface area contributed by atoms with Crippen molar-refractivity contribution in [2.24, 2.45) is 10.2 Å². The highest BCUT2D eigenvalue weighted by atomic mass is 35.5. The maximum absolute atomic E-state index is 12.7. The standard InChI is InChI=1S/C20H21Cl2N3O6/c1-10(26)17(25-24-13-7-6-11(21)18(30-4)19(13)31-5)20(27)23-14-9-16(29-3)15(28-2)8-12(14)22/h6-9,17H,1-5H3,(H,23,27). The summed E-state index contributed by atoms with van der Waals surface area (Å²) in [4.78, 5) is 24.8. The molecule has 0 fully saturated rings. The Morgan fingerprint density at radius 3 is 2.06 bits per heavy atom. The van der Waals surface area contributed by atoms with Crippen LogP contribution in [0.25, 0.3) is 0 Å². The van der Waals surface area contributed by atoms with E-state index in [-0.39, 0.29) is 27.9 Å². The van der Waals surface area contributed by atoms with Crippen molar-refractivity contribution in [1.29, 1.82) is 0 Å². The fourth-order valence-electron chi connectivity index (χ4n) is 2.58. The minimum atomic E-state index is -1.43. The summed E-state index contributed by atoms with van der Waals surface area (Å²) >= 11 is 12.3. The van der Waals surface area contributed by atoms with Crippen LogP contribution >= 0.6 is 23.2 Å². The summed E-state index contributed by atoms with van der Waals surface area (Å²) in [6.45, 7) is 1.22. The van der Waals surface area contributed by atoms with E-state index in [0.717, 1.165) is 0 Å². The number of methoxy groups -OCH3 is 4. The number of nitrogens with one attached hydrogen (secondary N) is 1. The van der Waals surface area contributed by atoms with Gasteiger partial charge in [0.05, 0.1) is 44.2 Å². The molecule has 1 atom stereocenters. The van der Waals surface area contributed by atoms with Gasteiger partial charge in [0.15, 0.2) is 28.8 Å². The zero-order valence-corrected chi connectivity index (χ0v) is 19.0. The van der Waals surface area contributed by atoms with Gasteiger partial charge in [-0.3, -0.25) is 9.59 Å². The summed E-state index contributed by atoms with van der Waals surface area (Å²) in [6.07, 6.45) is 0. The van der Waals surface area contributed by atoms with Crippen LogP contribution in [0.4, 0.5) is 11.4 Å². The van der Waals surface area contributed by atoms with Gasteiger partial charge >= 0.3 is 0 Å². The predicted octanol–water partition coefficient (Wildman–Crippen LogP) is 4.71. The van der Waals surface area contributed by atoms with Crippen LogP contribution in [0.15, 0.2) is 34.5 Å². The molecule has 0 radical (unpaired) electrons. The molecule has 166 valence electrons. The molecule has 1 N–H and O–H groups in total. The number of carbonyl (C=O) groups is 2. The number of nitrogens with zero attached hydrogens (tertiary/aromatic N) is 2. The first-order valence-electron chi connectivity index (χ1n) is 8.81. The van der Waals surface area contributed by atoms with Gasteiger partial charge in [0, 0.05) is 12.1 Å². The summed E-state index contributed by atoms with van der Waals surface area (Å²) in [6, 6.07) is 4.57. The molecule has 0 aliphatic heterocycles. The van der Waals surface area contributed by atoms with Crippen LogP contribution in [-0.2, 0) is 9.59 Å². The highest BCUT2D eigenvalue weighted by molar-refractivity contribution is 6.34. The van der Waals surface area contributed by atoms with Crippen molar-refractivity contribution in [2.75, 3.05) is 33.8 Å². The maximum atomic E-state index is 12.7. The zero-order chi connectivity index (χ0) is 23.1. The van der Waals surface area contributed by atoms with Crippen LogP contribution in [0, 0.1) is 0 Å². The van der Waals surface area contributed by atoms with E-state index in [1.165, 1.54) is 59.6 Å². The molecule has 0 aromatic heterocycles. The quantitative estimate of drug-likeness (QED) is 0.420. The number of ketones is 1. The Morgan fingerprint density at radius 1 is 0.903 bits per heavy atom. The Kier molecular flexibility index (Phi) is 8.47. The van der Waals surface area contributed by atoms with Gasteiger partial charge in [0.1, 0.15) is 5.69 Å². The lowest BCUT2D eigenvalue weighted by molar-refractivity contribution is -0.126. The number of amides is 1. The molecule has 11 heteroatoms. The van der Waals surface area contributed by atoms with Crippen LogP contribution in [-0.4, -0.2) is 46.2 Å². The smallest absolute Gasteiger partial charge is 0.258 e. The normalized spacial score (nSPS) is 11.7. The van der Waals surface area contributed by atoms with Crippen molar-refractivity contribution < 1.29 is 28.5 Å². The third-order valence-electron chi connectivity index (χ3n) is 4.10. The summed E-state index contributed by atoms with van der Waals surface area (Å²) in [5.74, 6) is -0.0627. The number of azo groups is 1. The summed E-state index contributed by atoms with van der Waals surface area (Å²) in [5.41, 5.74) is 0.448. The molecule has 0 heterocycles. The van der Waals surface area contributed by atoms with E-state index in [1.54, 1.807) is 0 Å². The Balaban J connectivity index is 2.34. The van der Waals surface area contributed by atoms with E-state index in [2.05, 4.69) is 15.5 Å². The summed E-state index contributed by atoms with van der Waals surface area (Å²) in [7, 11) is 5.72. The van der Waals surface area contributed by atoms with E-state index in [1.807, 2.05) is 0 Å². The summed E-state index contributed by atoms with van der Waals surface area (Å²) in [5, 5.41) is 10.9. The lowest BCUT2D eigenvalue weighted by Gasteiger charge is -2.14. The molecule has 0 bridgehead atoms. The van der Waals surface area contributed by atoms with Crippen molar-refractivity contribution in [3.05, 3.63) is 34.3 Å². The van der Waals surface area contributed by atoms with Crippen molar-refractivity contribution in [1.82, 2.24) is 0 Å². The second-order valence-electron chi connectivity index (χ2n) is 6.04. The van der Waals surface area contributed by atoms with Crippen LogP contribution in [0.3, 0.4) is 0 Å². The second kappa shape index (κ2) is 10.8. The molecular formula is C20H21Cl2N3O6. The molecule has 2 aromatic carbocycles. The monoisotopic (exact) mass is 469 g/mol. The van der Waals surface area contributed by atoms with Crippen LogP contribution in [0.1, 0.15) is 6.92 Å². The number of hydrogen-bond donors (Lipinski definition) is 1. The van der Waals surface area contributed by atoms with E-state index < -0.39 is 17.7 Å². The number of hydrogen-bond acceptors (Lipinski definition) is 8. The fraction of sp³-hybridized carbons (Fsp3) is 0.300. The average molecular weight is 470 g/mol. The fourth-order valence-corrected chi connectivity index (χ4v) is 3.01. The first-order valence-corrected chi connectivity index (χ1v) is 9.57. The number of Topliss-reactive ketones (excluding diaryl/α,β-unsaturated/α-hetero) is 1. The van der Waals surface area contributed by atoms with Gasteiger partial charge in [0.25, 0.3) is 5.91 Å².